The lowest BCUT2D eigenvalue weighted by Crippen LogP contribution is -2.49. The van der Waals surface area contributed by atoms with E-state index in [1.807, 2.05) is 18.9 Å². The number of hydrogen-bond donors (Lipinski definition) is 3. The number of aromatic nitrogens is 1. The first-order valence-corrected chi connectivity index (χ1v) is 6.87. The van der Waals surface area contributed by atoms with E-state index in [0.717, 1.165) is 25.3 Å². The number of carbonyl (C=O) groups excluding carboxylic acids is 1. The van der Waals surface area contributed by atoms with Gasteiger partial charge in [0, 0.05) is 31.4 Å². The van der Waals surface area contributed by atoms with Gasteiger partial charge >= 0.3 is 0 Å². The Hall–Kier alpha value is -1.70. The third kappa shape index (κ3) is 2.60. The lowest BCUT2D eigenvalue weighted by atomic mass is 10.2. The van der Waals surface area contributed by atoms with Crippen LogP contribution in [0.2, 0.25) is 0 Å². The summed E-state index contributed by atoms with van der Waals surface area (Å²) in [7, 11) is 0. The average Bonchev–Trinajstić information content (AvgIpc) is 3.08. The molecule has 1 aromatic heterocycles. The van der Waals surface area contributed by atoms with E-state index in [9.17, 15) is 4.79 Å². The van der Waals surface area contributed by atoms with Crippen LogP contribution in [-0.2, 0) is 0 Å². The van der Waals surface area contributed by atoms with Crippen molar-refractivity contribution >= 4 is 11.7 Å². The Morgan fingerprint density at radius 3 is 2.60 bits per heavy atom. The van der Waals surface area contributed by atoms with E-state index in [1.165, 1.54) is 6.20 Å². The minimum absolute atomic E-state index is 0.339. The van der Waals surface area contributed by atoms with Gasteiger partial charge in [0.2, 0.25) is 0 Å². The second-order valence-electron chi connectivity index (χ2n) is 4.74. The van der Waals surface area contributed by atoms with Gasteiger partial charge in [0.1, 0.15) is 5.82 Å². The minimum atomic E-state index is -0.551. The van der Waals surface area contributed by atoms with Gasteiger partial charge in [-0.1, -0.05) is 13.8 Å². The number of anilines is 1. The van der Waals surface area contributed by atoms with Crippen LogP contribution in [0.25, 0.3) is 0 Å². The van der Waals surface area contributed by atoms with Crippen molar-refractivity contribution in [3.05, 3.63) is 23.9 Å². The maximum atomic E-state index is 11.2. The maximum absolute atomic E-state index is 11.2. The quantitative estimate of drug-likeness (QED) is 0.411. The fourth-order valence-corrected chi connectivity index (χ4v) is 2.73. The zero-order valence-corrected chi connectivity index (χ0v) is 11.8. The number of nitrogens with zero attached hydrogens (tertiary/aromatic N) is 3. The first kappa shape index (κ1) is 14.7. The maximum Gasteiger partial charge on any atom is 0.276 e. The second-order valence-corrected chi connectivity index (χ2v) is 4.74. The molecule has 2 bridgehead atoms. The SMILES string of the molecule is CC.NN1C[C@@H]2CC1CN2c1ccc(C(=O)NO)cn1. The molecule has 2 aliphatic heterocycles. The summed E-state index contributed by atoms with van der Waals surface area (Å²) in [6, 6.07) is 4.26. The van der Waals surface area contributed by atoms with Gasteiger partial charge in [-0.2, -0.15) is 0 Å². The number of nitrogens with two attached hydrogens (primary N) is 1. The fourth-order valence-electron chi connectivity index (χ4n) is 2.73. The molecule has 2 saturated heterocycles. The zero-order chi connectivity index (χ0) is 14.7. The molecule has 0 aliphatic carbocycles. The average molecular weight is 279 g/mol. The number of rotatable bonds is 2. The Balaban J connectivity index is 0.000000704. The monoisotopic (exact) mass is 279 g/mol. The zero-order valence-electron chi connectivity index (χ0n) is 11.8. The van der Waals surface area contributed by atoms with Gasteiger partial charge in [0.25, 0.3) is 5.91 Å². The predicted molar refractivity (Wildman–Crippen MR) is 75.3 cm³/mol. The highest BCUT2D eigenvalue weighted by molar-refractivity contribution is 5.93. The van der Waals surface area contributed by atoms with Crippen LogP contribution in [0, 0.1) is 0 Å². The molecule has 2 fully saturated rings. The van der Waals surface area contributed by atoms with Gasteiger partial charge in [-0.15, -0.1) is 0 Å². The number of fused-ring (bicyclic) bond motifs is 2. The van der Waals surface area contributed by atoms with Gasteiger partial charge < -0.3 is 4.90 Å². The van der Waals surface area contributed by atoms with Crippen molar-refractivity contribution < 1.29 is 10.0 Å². The Morgan fingerprint density at radius 1 is 1.40 bits per heavy atom. The molecule has 1 aromatic rings. The van der Waals surface area contributed by atoms with Crippen LogP contribution in [0.1, 0.15) is 30.6 Å². The number of hydrogen-bond acceptors (Lipinski definition) is 6. The predicted octanol–water partition coefficient (Wildman–Crippen LogP) is 0.363. The molecule has 4 N–H and O–H groups in total. The van der Waals surface area contributed by atoms with Gasteiger partial charge in [-0.3, -0.25) is 15.8 Å². The summed E-state index contributed by atoms with van der Waals surface area (Å²) in [5.74, 6) is 6.15. The van der Waals surface area contributed by atoms with Crippen LogP contribution >= 0.6 is 0 Å². The number of pyridine rings is 1. The summed E-state index contributed by atoms with van der Waals surface area (Å²) in [5.41, 5.74) is 1.93. The van der Waals surface area contributed by atoms with Crippen molar-refractivity contribution in [2.75, 3.05) is 18.0 Å². The number of hydrazine groups is 1. The van der Waals surface area contributed by atoms with Crippen molar-refractivity contribution in [1.82, 2.24) is 15.5 Å². The van der Waals surface area contributed by atoms with E-state index in [1.54, 1.807) is 17.6 Å². The van der Waals surface area contributed by atoms with Gasteiger partial charge in [0.15, 0.2) is 0 Å². The number of hydroxylamine groups is 1. The van der Waals surface area contributed by atoms with E-state index in [4.69, 9.17) is 11.0 Å². The Morgan fingerprint density at radius 2 is 2.15 bits per heavy atom. The molecule has 0 aromatic carbocycles. The summed E-state index contributed by atoms with van der Waals surface area (Å²) in [4.78, 5) is 17.7. The Labute approximate surface area is 118 Å². The normalized spacial score (nSPS) is 24.3. The summed E-state index contributed by atoms with van der Waals surface area (Å²) in [6.07, 6.45) is 2.53. The highest BCUT2D eigenvalue weighted by atomic mass is 16.5. The fraction of sp³-hybridized carbons (Fsp3) is 0.538. The largest absolute Gasteiger partial charge is 0.351 e. The van der Waals surface area contributed by atoms with Crippen LogP contribution < -0.4 is 16.2 Å². The molecule has 1 unspecified atom stereocenters. The molecule has 20 heavy (non-hydrogen) atoms. The molecule has 3 heterocycles. The van der Waals surface area contributed by atoms with Crippen molar-refractivity contribution in [2.45, 2.75) is 32.4 Å². The Kier molecular flexibility index (Phi) is 4.53. The first-order chi connectivity index (χ1) is 9.69. The molecule has 2 aliphatic rings. The third-order valence-corrected chi connectivity index (χ3v) is 3.69. The Bertz CT molecular complexity index is 462. The summed E-state index contributed by atoms with van der Waals surface area (Å²) in [5, 5.41) is 10.4. The van der Waals surface area contributed by atoms with Crippen LogP contribution in [0.15, 0.2) is 18.3 Å². The van der Waals surface area contributed by atoms with Crippen LogP contribution in [0.4, 0.5) is 5.82 Å². The number of carbonyl (C=O) groups is 1. The van der Waals surface area contributed by atoms with E-state index < -0.39 is 5.91 Å². The van der Waals surface area contributed by atoms with Crippen LogP contribution in [-0.4, -0.2) is 46.3 Å². The molecule has 7 nitrogen and oxygen atoms in total. The van der Waals surface area contributed by atoms with Gasteiger partial charge in [0.05, 0.1) is 5.56 Å². The lowest BCUT2D eigenvalue weighted by Gasteiger charge is -2.32. The van der Waals surface area contributed by atoms with Gasteiger partial charge in [-0.05, 0) is 18.6 Å². The van der Waals surface area contributed by atoms with Crippen LogP contribution in [0.3, 0.4) is 0 Å². The molecule has 0 spiro atoms. The van der Waals surface area contributed by atoms with Crippen molar-refractivity contribution in [3.63, 3.8) is 0 Å². The summed E-state index contributed by atoms with van der Waals surface area (Å²) < 4.78 is 0. The number of amides is 1. The molecular weight excluding hydrogens is 258 g/mol. The van der Waals surface area contributed by atoms with E-state index in [-0.39, 0.29) is 0 Å². The second kappa shape index (κ2) is 6.17. The summed E-state index contributed by atoms with van der Waals surface area (Å²) in [6.45, 7) is 5.73. The van der Waals surface area contributed by atoms with E-state index in [2.05, 4.69) is 9.88 Å². The smallest absolute Gasteiger partial charge is 0.276 e. The molecule has 0 saturated carbocycles. The van der Waals surface area contributed by atoms with Crippen LogP contribution in [0.5, 0.6) is 0 Å². The van der Waals surface area contributed by atoms with Gasteiger partial charge in [-0.25, -0.2) is 15.5 Å². The molecule has 7 heteroatoms. The molecule has 1 amide bonds. The van der Waals surface area contributed by atoms with Crippen molar-refractivity contribution in [1.29, 1.82) is 0 Å². The lowest BCUT2D eigenvalue weighted by molar-refractivity contribution is 0.0706. The minimum Gasteiger partial charge on any atom is -0.351 e. The van der Waals surface area contributed by atoms with Crippen molar-refractivity contribution in [3.8, 4) is 0 Å². The molecule has 110 valence electrons. The molecular formula is C13H21N5O2. The van der Waals surface area contributed by atoms with E-state index >= 15 is 0 Å². The number of piperazine rings is 1. The van der Waals surface area contributed by atoms with E-state index in [0.29, 0.717) is 17.6 Å². The first-order valence-electron chi connectivity index (χ1n) is 6.87. The third-order valence-electron chi connectivity index (χ3n) is 3.69. The standard InChI is InChI=1S/C11H15N5O2.C2H6/c12-16-6-8-3-9(16)5-15(8)10-2-1-7(4-13-10)11(17)14-18;1-2/h1-2,4,8-9,18H,3,5-6,12H2,(H,14,17);1-2H3/t8-,9?;/m0./s1. The molecule has 0 radical (unpaired) electrons. The number of nitrogens with one attached hydrogen (secondary N) is 1. The van der Waals surface area contributed by atoms with Crippen molar-refractivity contribution in [2.24, 2.45) is 5.84 Å². The molecule has 3 rings (SSSR count). The topological polar surface area (TPSA) is 94.7 Å². The molecule has 2 atom stereocenters. The highest BCUT2D eigenvalue weighted by Gasteiger charge is 2.42. The summed E-state index contributed by atoms with van der Waals surface area (Å²) >= 11 is 0. The highest BCUT2D eigenvalue weighted by Crippen LogP contribution is 2.31.